The molecule has 0 aromatic rings. The van der Waals surface area contributed by atoms with Crippen LogP contribution in [0.2, 0.25) is 0 Å². The van der Waals surface area contributed by atoms with Crippen LogP contribution in [-0.2, 0) is 61.6 Å². The minimum Gasteiger partial charge on any atom is -0.463 e. The first-order valence-electron chi connectivity index (χ1n) is 16.7. The Kier molecular flexibility index (Phi) is 40.2. The molecule has 0 atom stereocenters. The molecule has 45 heavy (non-hydrogen) atoms. The number of esters is 1. The number of carbonyl (C=O) groups is 1. The second-order valence-electron chi connectivity index (χ2n) is 9.85. The summed E-state index contributed by atoms with van der Waals surface area (Å²) in [6, 6.07) is 0. The van der Waals surface area contributed by atoms with E-state index in [0.717, 1.165) is 12.8 Å². The fourth-order valence-corrected chi connectivity index (χ4v) is 3.56. The van der Waals surface area contributed by atoms with Crippen molar-refractivity contribution in [3.05, 3.63) is 0 Å². The first-order chi connectivity index (χ1) is 22.3. The van der Waals surface area contributed by atoms with Gasteiger partial charge in [0.2, 0.25) is 0 Å². The number of unbranched alkanes of at least 4 members (excludes halogenated alkanes) is 5. The Morgan fingerprint density at radius 2 is 0.622 bits per heavy atom. The summed E-state index contributed by atoms with van der Waals surface area (Å²) >= 11 is 0. The van der Waals surface area contributed by atoms with Crippen molar-refractivity contribution in [1.29, 1.82) is 0 Å². The van der Waals surface area contributed by atoms with Crippen molar-refractivity contribution in [2.75, 3.05) is 152 Å². The highest BCUT2D eigenvalue weighted by Gasteiger charge is 2.02. The molecule has 0 N–H and O–H groups in total. The summed E-state index contributed by atoms with van der Waals surface area (Å²) in [6.07, 6.45) is 7.43. The van der Waals surface area contributed by atoms with Crippen LogP contribution in [0.15, 0.2) is 0 Å². The zero-order valence-corrected chi connectivity index (χ0v) is 28.3. The maximum absolute atomic E-state index is 11.7. The van der Waals surface area contributed by atoms with E-state index in [0.29, 0.717) is 145 Å². The Hall–Kier alpha value is -0.970. The van der Waals surface area contributed by atoms with E-state index in [4.69, 9.17) is 56.8 Å². The zero-order chi connectivity index (χ0) is 32.6. The normalized spacial score (nSPS) is 11.4. The molecule has 0 aliphatic heterocycles. The third-order valence-corrected chi connectivity index (χ3v) is 6.01. The molecule has 0 fully saturated rings. The zero-order valence-electron chi connectivity index (χ0n) is 28.3. The van der Waals surface area contributed by atoms with Gasteiger partial charge in [0.1, 0.15) is 6.61 Å². The lowest BCUT2D eigenvalue weighted by atomic mass is 10.1. The van der Waals surface area contributed by atoms with Gasteiger partial charge in [-0.15, -0.1) is 0 Å². The van der Waals surface area contributed by atoms with Gasteiger partial charge in [0, 0.05) is 13.5 Å². The minimum atomic E-state index is -0.143. The van der Waals surface area contributed by atoms with Crippen molar-refractivity contribution >= 4 is 5.97 Å². The van der Waals surface area contributed by atoms with Gasteiger partial charge in [0.15, 0.2) is 0 Å². The van der Waals surface area contributed by atoms with Gasteiger partial charge >= 0.3 is 5.97 Å². The summed E-state index contributed by atoms with van der Waals surface area (Å²) in [5.74, 6) is -0.143. The third kappa shape index (κ3) is 41.0. The Bertz CT molecular complexity index is 557. The maximum atomic E-state index is 11.7. The van der Waals surface area contributed by atoms with Gasteiger partial charge in [-0.05, 0) is 6.42 Å². The molecule has 0 saturated heterocycles. The molecule has 0 amide bonds. The van der Waals surface area contributed by atoms with Crippen LogP contribution in [0.3, 0.4) is 0 Å². The van der Waals surface area contributed by atoms with Crippen molar-refractivity contribution in [3.63, 3.8) is 0 Å². The van der Waals surface area contributed by atoms with E-state index in [-0.39, 0.29) is 12.6 Å². The van der Waals surface area contributed by atoms with Gasteiger partial charge < -0.3 is 56.8 Å². The largest absolute Gasteiger partial charge is 0.463 e. The summed E-state index contributed by atoms with van der Waals surface area (Å²) in [4.78, 5) is 11.7. The van der Waals surface area contributed by atoms with Crippen LogP contribution in [0, 0.1) is 0 Å². The van der Waals surface area contributed by atoms with Crippen LogP contribution in [0.25, 0.3) is 0 Å². The number of rotatable bonds is 40. The molecule has 13 nitrogen and oxygen atoms in total. The van der Waals surface area contributed by atoms with Crippen LogP contribution in [0.5, 0.6) is 0 Å². The minimum absolute atomic E-state index is 0.143. The van der Waals surface area contributed by atoms with Gasteiger partial charge in [0.25, 0.3) is 0 Å². The van der Waals surface area contributed by atoms with E-state index in [1.54, 1.807) is 7.11 Å². The molecule has 0 spiro atoms. The Balaban J connectivity index is 3.09. The molecule has 0 aromatic carbocycles. The van der Waals surface area contributed by atoms with Crippen LogP contribution in [0.4, 0.5) is 0 Å². The molecule has 0 saturated carbocycles. The Morgan fingerprint density at radius 1 is 0.356 bits per heavy atom. The molecule has 0 unspecified atom stereocenters. The van der Waals surface area contributed by atoms with E-state index < -0.39 is 0 Å². The van der Waals surface area contributed by atoms with E-state index >= 15 is 0 Å². The predicted octanol–water partition coefficient (Wildman–Crippen LogP) is 3.09. The van der Waals surface area contributed by atoms with Gasteiger partial charge in [0.05, 0.1) is 139 Å². The third-order valence-electron chi connectivity index (χ3n) is 6.01. The molecule has 13 heteroatoms. The smallest absolute Gasteiger partial charge is 0.305 e. The van der Waals surface area contributed by atoms with Gasteiger partial charge in [-0.25, -0.2) is 0 Å². The van der Waals surface area contributed by atoms with Crippen LogP contribution < -0.4 is 0 Å². The SMILES string of the molecule is CCCCCCCCC(=O)OCCOCCOCCOCCOCCOCCOCCOCCOCCOCCOCCOC. The highest BCUT2D eigenvalue weighted by Crippen LogP contribution is 2.07. The lowest BCUT2D eigenvalue weighted by Crippen LogP contribution is -2.15. The molecule has 0 bridgehead atoms. The highest BCUT2D eigenvalue weighted by atomic mass is 16.6. The predicted molar refractivity (Wildman–Crippen MR) is 169 cm³/mol. The topological polar surface area (TPSA) is 128 Å². The molecule has 0 aromatic heterocycles. The lowest BCUT2D eigenvalue weighted by molar-refractivity contribution is -0.145. The van der Waals surface area contributed by atoms with Crippen LogP contribution in [-0.4, -0.2) is 158 Å². The second kappa shape index (κ2) is 41.1. The van der Waals surface area contributed by atoms with Crippen molar-refractivity contribution in [3.8, 4) is 0 Å². The molecule has 0 radical (unpaired) electrons. The number of methoxy groups -OCH3 is 1. The van der Waals surface area contributed by atoms with Crippen molar-refractivity contribution in [1.82, 2.24) is 0 Å². The Morgan fingerprint density at radius 3 is 0.933 bits per heavy atom. The summed E-state index contributed by atoms with van der Waals surface area (Å²) in [5, 5.41) is 0. The molecule has 270 valence electrons. The average Bonchev–Trinajstić information content (AvgIpc) is 3.05. The number of hydrogen-bond donors (Lipinski definition) is 0. The Labute approximate surface area is 272 Å². The van der Waals surface area contributed by atoms with Crippen molar-refractivity contribution < 1.29 is 61.6 Å². The summed E-state index contributed by atoms with van der Waals surface area (Å²) in [6.45, 7) is 13.2. The summed E-state index contributed by atoms with van der Waals surface area (Å²) < 4.78 is 64.4. The van der Waals surface area contributed by atoms with E-state index in [2.05, 4.69) is 6.92 Å². The number of carbonyl (C=O) groups excluding carboxylic acids is 1. The van der Waals surface area contributed by atoms with E-state index in [1.165, 1.54) is 25.7 Å². The van der Waals surface area contributed by atoms with Gasteiger partial charge in [-0.2, -0.15) is 0 Å². The fourth-order valence-electron chi connectivity index (χ4n) is 3.56. The quantitative estimate of drug-likeness (QED) is 0.0709. The second-order valence-corrected chi connectivity index (χ2v) is 9.85. The highest BCUT2D eigenvalue weighted by molar-refractivity contribution is 5.69. The van der Waals surface area contributed by atoms with Gasteiger partial charge in [-0.1, -0.05) is 39.0 Å². The average molecular weight is 657 g/mol. The van der Waals surface area contributed by atoms with Crippen molar-refractivity contribution in [2.45, 2.75) is 51.9 Å². The first-order valence-corrected chi connectivity index (χ1v) is 16.7. The van der Waals surface area contributed by atoms with E-state index in [9.17, 15) is 4.79 Å². The fraction of sp³-hybridized carbons (Fsp3) is 0.969. The molecule has 0 rings (SSSR count). The molecule has 0 heterocycles. The van der Waals surface area contributed by atoms with Crippen LogP contribution >= 0.6 is 0 Å². The van der Waals surface area contributed by atoms with Gasteiger partial charge in [-0.3, -0.25) is 4.79 Å². The summed E-state index contributed by atoms with van der Waals surface area (Å²) in [5.41, 5.74) is 0. The number of ether oxygens (including phenoxy) is 12. The summed E-state index contributed by atoms with van der Waals surface area (Å²) in [7, 11) is 1.64. The monoisotopic (exact) mass is 656 g/mol. The van der Waals surface area contributed by atoms with Crippen molar-refractivity contribution in [2.24, 2.45) is 0 Å². The lowest BCUT2D eigenvalue weighted by Gasteiger charge is -2.09. The van der Waals surface area contributed by atoms with E-state index in [1.807, 2.05) is 0 Å². The molecule has 0 aliphatic carbocycles. The molecule has 0 aliphatic rings. The molecular weight excluding hydrogens is 592 g/mol. The number of hydrogen-bond acceptors (Lipinski definition) is 13. The van der Waals surface area contributed by atoms with Crippen LogP contribution in [0.1, 0.15) is 51.9 Å². The molecular formula is C32H64O13. The maximum Gasteiger partial charge on any atom is 0.305 e. The first kappa shape index (κ1) is 44.0. The standard InChI is InChI=1S/C32H64O13/c1-3-4-5-6-7-8-9-32(33)45-31-30-44-29-28-43-27-26-42-25-24-41-23-22-40-21-20-39-19-18-38-17-16-37-15-14-36-13-12-35-11-10-34-2/h3-31H2,1-2H3.